The molecule has 120 valence electrons. The summed E-state index contributed by atoms with van der Waals surface area (Å²) in [6.07, 6.45) is 1.76. The Morgan fingerprint density at radius 2 is 2.09 bits per heavy atom. The van der Waals surface area contributed by atoms with Crippen LogP contribution in [0.3, 0.4) is 0 Å². The number of hydrogen-bond donors (Lipinski definition) is 0. The maximum atomic E-state index is 12.1. The summed E-state index contributed by atoms with van der Waals surface area (Å²) in [5, 5.41) is 0. The fourth-order valence-electron chi connectivity index (χ4n) is 2.53. The van der Waals surface area contributed by atoms with Gasteiger partial charge in [-0.3, -0.25) is 9.59 Å². The van der Waals surface area contributed by atoms with Crippen molar-refractivity contribution in [3.63, 3.8) is 0 Å². The van der Waals surface area contributed by atoms with Gasteiger partial charge in [0.2, 0.25) is 5.91 Å². The minimum atomic E-state index is -0.409. The van der Waals surface area contributed by atoms with Crippen molar-refractivity contribution in [2.45, 2.75) is 19.6 Å². The summed E-state index contributed by atoms with van der Waals surface area (Å²) < 4.78 is 11.5. The second-order valence-corrected chi connectivity index (χ2v) is 6.40. The molecule has 1 aliphatic rings. The molecule has 1 fully saturated rings. The molecule has 0 saturated carbocycles. The number of furan rings is 1. The summed E-state index contributed by atoms with van der Waals surface area (Å²) >= 11 is 3.36. The quantitative estimate of drug-likeness (QED) is 0.751. The molecule has 1 saturated heterocycles. The maximum absolute atomic E-state index is 12.1. The van der Waals surface area contributed by atoms with E-state index < -0.39 is 5.92 Å². The molecule has 3 rings (SSSR count). The number of nitrogens with zero attached hydrogens (tertiary/aromatic N) is 1. The molecule has 0 N–H and O–H groups in total. The highest BCUT2D eigenvalue weighted by Crippen LogP contribution is 2.22. The number of rotatable bonds is 5. The lowest BCUT2D eigenvalue weighted by Crippen LogP contribution is -2.26. The van der Waals surface area contributed by atoms with E-state index in [1.165, 1.54) is 0 Å². The monoisotopic (exact) mass is 377 g/mol. The van der Waals surface area contributed by atoms with Gasteiger partial charge in [0.15, 0.2) is 0 Å². The Morgan fingerprint density at radius 1 is 1.30 bits per heavy atom. The van der Waals surface area contributed by atoms with Gasteiger partial charge < -0.3 is 14.1 Å². The fraction of sp³-hybridized carbons (Fsp3) is 0.294. The van der Waals surface area contributed by atoms with E-state index in [-0.39, 0.29) is 24.9 Å². The first-order valence-electron chi connectivity index (χ1n) is 7.33. The third-order valence-corrected chi connectivity index (χ3v) is 4.30. The van der Waals surface area contributed by atoms with Crippen molar-refractivity contribution in [3.8, 4) is 0 Å². The molecule has 0 aliphatic carbocycles. The summed E-state index contributed by atoms with van der Waals surface area (Å²) in [5.74, 6) is -0.0784. The van der Waals surface area contributed by atoms with Crippen LogP contribution in [-0.4, -0.2) is 23.3 Å². The molecule has 6 heteroatoms. The molecule has 0 spiro atoms. The van der Waals surface area contributed by atoms with Gasteiger partial charge in [-0.2, -0.15) is 0 Å². The third-order valence-electron chi connectivity index (χ3n) is 3.77. The summed E-state index contributed by atoms with van der Waals surface area (Å²) in [4.78, 5) is 25.8. The van der Waals surface area contributed by atoms with Crippen LogP contribution >= 0.6 is 15.9 Å². The van der Waals surface area contributed by atoms with Crippen molar-refractivity contribution < 1.29 is 18.7 Å². The second-order valence-electron chi connectivity index (χ2n) is 5.49. The van der Waals surface area contributed by atoms with Gasteiger partial charge in [-0.15, -0.1) is 0 Å². The van der Waals surface area contributed by atoms with E-state index in [9.17, 15) is 9.59 Å². The molecule has 2 heterocycles. The topological polar surface area (TPSA) is 59.8 Å². The number of benzene rings is 1. The first-order valence-corrected chi connectivity index (χ1v) is 8.12. The number of carbonyl (C=O) groups excluding carboxylic acids is 2. The lowest BCUT2D eigenvalue weighted by Gasteiger charge is -2.14. The zero-order chi connectivity index (χ0) is 16.2. The third kappa shape index (κ3) is 4.01. The van der Waals surface area contributed by atoms with Crippen molar-refractivity contribution in [2.24, 2.45) is 5.92 Å². The summed E-state index contributed by atoms with van der Waals surface area (Å²) in [5.41, 5.74) is 0.915. The predicted octanol–water partition coefficient (Wildman–Crippen LogP) is 3.13. The van der Waals surface area contributed by atoms with Crippen LogP contribution in [0.2, 0.25) is 0 Å². The summed E-state index contributed by atoms with van der Waals surface area (Å²) in [6, 6.07) is 11.2. The van der Waals surface area contributed by atoms with Crippen LogP contribution < -0.4 is 0 Å². The molecule has 2 aromatic rings. The van der Waals surface area contributed by atoms with Gasteiger partial charge in [0.25, 0.3) is 0 Å². The Morgan fingerprint density at radius 3 is 2.78 bits per heavy atom. The van der Waals surface area contributed by atoms with Gasteiger partial charge in [-0.1, -0.05) is 28.1 Å². The molecular weight excluding hydrogens is 362 g/mol. The molecule has 1 amide bonds. The highest BCUT2D eigenvalue weighted by atomic mass is 79.9. The first kappa shape index (κ1) is 15.8. The SMILES string of the molecule is O=C(OCc1ccc(Br)cc1)[C@@H]1CC(=O)N(Cc2ccco2)C1. The highest BCUT2D eigenvalue weighted by Gasteiger charge is 2.35. The van der Waals surface area contributed by atoms with Crippen LogP contribution in [-0.2, 0) is 27.5 Å². The number of ether oxygens (including phenoxy) is 1. The smallest absolute Gasteiger partial charge is 0.311 e. The molecule has 0 radical (unpaired) electrons. The Balaban J connectivity index is 1.52. The van der Waals surface area contributed by atoms with E-state index in [0.29, 0.717) is 18.8 Å². The fourth-order valence-corrected chi connectivity index (χ4v) is 2.79. The molecule has 23 heavy (non-hydrogen) atoms. The summed E-state index contributed by atoms with van der Waals surface area (Å²) in [7, 11) is 0. The van der Waals surface area contributed by atoms with Crippen molar-refractivity contribution in [1.82, 2.24) is 4.90 Å². The minimum absolute atomic E-state index is 0.0491. The number of carbonyl (C=O) groups is 2. The molecule has 1 aromatic heterocycles. The lowest BCUT2D eigenvalue weighted by molar-refractivity contribution is -0.149. The van der Waals surface area contributed by atoms with Crippen LogP contribution in [0.1, 0.15) is 17.7 Å². The highest BCUT2D eigenvalue weighted by molar-refractivity contribution is 9.10. The lowest BCUT2D eigenvalue weighted by atomic mass is 10.1. The Kier molecular flexibility index (Phi) is 4.81. The number of halogens is 1. The number of likely N-dealkylation sites (tertiary alicyclic amines) is 1. The largest absolute Gasteiger partial charge is 0.467 e. The zero-order valence-corrected chi connectivity index (χ0v) is 14.0. The van der Waals surface area contributed by atoms with Gasteiger partial charge in [-0.05, 0) is 29.8 Å². The molecule has 1 aromatic carbocycles. The standard InChI is InChI=1S/C17H16BrNO4/c18-14-5-3-12(4-6-14)11-23-17(21)13-8-16(20)19(9-13)10-15-2-1-7-22-15/h1-7,13H,8-11H2/t13-/m1/s1. The van der Waals surface area contributed by atoms with Gasteiger partial charge in [0.1, 0.15) is 12.4 Å². The average molecular weight is 378 g/mol. The van der Waals surface area contributed by atoms with Crippen LogP contribution in [0, 0.1) is 5.92 Å². The molecule has 1 aliphatic heterocycles. The molecule has 5 nitrogen and oxygen atoms in total. The number of amides is 1. The first-order chi connectivity index (χ1) is 11.1. The van der Waals surface area contributed by atoms with Gasteiger partial charge in [0, 0.05) is 17.4 Å². The van der Waals surface area contributed by atoms with Gasteiger partial charge >= 0.3 is 5.97 Å². The van der Waals surface area contributed by atoms with E-state index in [2.05, 4.69) is 15.9 Å². The van der Waals surface area contributed by atoms with Crippen molar-refractivity contribution in [2.75, 3.05) is 6.54 Å². The Bertz CT molecular complexity index is 681. The number of hydrogen-bond acceptors (Lipinski definition) is 4. The molecular formula is C17H16BrNO4. The van der Waals surface area contributed by atoms with Crippen LogP contribution in [0.4, 0.5) is 0 Å². The van der Waals surface area contributed by atoms with Crippen LogP contribution in [0.15, 0.2) is 51.6 Å². The van der Waals surface area contributed by atoms with E-state index in [1.54, 1.807) is 17.2 Å². The Labute approximate surface area is 142 Å². The normalized spacial score (nSPS) is 17.5. The van der Waals surface area contributed by atoms with Crippen molar-refractivity contribution >= 4 is 27.8 Å². The van der Waals surface area contributed by atoms with Crippen LogP contribution in [0.5, 0.6) is 0 Å². The molecule has 1 atom stereocenters. The van der Waals surface area contributed by atoms with Crippen LogP contribution in [0.25, 0.3) is 0 Å². The maximum Gasteiger partial charge on any atom is 0.311 e. The minimum Gasteiger partial charge on any atom is -0.467 e. The average Bonchev–Trinajstić information content (AvgIpc) is 3.17. The van der Waals surface area contributed by atoms with Gasteiger partial charge in [0.05, 0.1) is 18.7 Å². The number of esters is 1. The van der Waals surface area contributed by atoms with Crippen molar-refractivity contribution in [3.05, 3.63) is 58.5 Å². The van der Waals surface area contributed by atoms with E-state index in [1.807, 2.05) is 30.3 Å². The molecule has 0 unspecified atom stereocenters. The second kappa shape index (κ2) is 7.00. The van der Waals surface area contributed by atoms with E-state index in [4.69, 9.17) is 9.15 Å². The van der Waals surface area contributed by atoms with Crippen molar-refractivity contribution in [1.29, 1.82) is 0 Å². The Hall–Kier alpha value is -2.08. The summed E-state index contributed by atoms with van der Waals surface area (Å²) in [6.45, 7) is 0.982. The zero-order valence-electron chi connectivity index (χ0n) is 12.4. The van der Waals surface area contributed by atoms with Gasteiger partial charge in [-0.25, -0.2) is 0 Å². The van der Waals surface area contributed by atoms with E-state index in [0.717, 1.165) is 10.0 Å². The van der Waals surface area contributed by atoms with E-state index >= 15 is 0 Å². The molecule has 0 bridgehead atoms. The predicted molar refractivity (Wildman–Crippen MR) is 86.2 cm³/mol.